The number of ether oxygens (including phenoxy) is 3. The van der Waals surface area contributed by atoms with Crippen LogP contribution >= 0.6 is 0 Å². The third-order valence-electron chi connectivity index (χ3n) is 8.94. The van der Waals surface area contributed by atoms with Crippen molar-refractivity contribution >= 4 is 11.9 Å². The summed E-state index contributed by atoms with van der Waals surface area (Å²) in [7, 11) is 0. The van der Waals surface area contributed by atoms with Gasteiger partial charge in [-0.25, -0.2) is 4.79 Å². The Hall–Kier alpha value is -1.36. The molecule has 5 rings (SSSR count). The predicted octanol–water partition coefficient (Wildman–Crippen LogP) is 5.28. The molecule has 0 aromatic carbocycles. The third-order valence-corrected chi connectivity index (χ3v) is 8.94. The van der Waals surface area contributed by atoms with Crippen molar-refractivity contribution in [1.82, 2.24) is 0 Å². The second-order valence-electron chi connectivity index (χ2n) is 10.7. The van der Waals surface area contributed by atoms with E-state index in [9.17, 15) is 9.59 Å². The molecule has 5 fully saturated rings. The van der Waals surface area contributed by atoms with Crippen molar-refractivity contribution in [2.45, 2.75) is 90.8 Å². The molecule has 174 valence electrons. The molecule has 0 aromatic rings. The number of carbonyl (C=O) groups is 2. The van der Waals surface area contributed by atoms with Gasteiger partial charge in [-0.2, -0.15) is 0 Å². The van der Waals surface area contributed by atoms with E-state index in [1.54, 1.807) is 6.92 Å². The number of hydrogen-bond donors (Lipinski definition) is 0. The van der Waals surface area contributed by atoms with Crippen molar-refractivity contribution in [1.29, 1.82) is 0 Å². The Labute approximate surface area is 187 Å². The molecular weight excluding hydrogens is 392 g/mol. The van der Waals surface area contributed by atoms with E-state index in [0.29, 0.717) is 35.2 Å². The fourth-order valence-corrected chi connectivity index (χ4v) is 7.89. The van der Waals surface area contributed by atoms with Crippen LogP contribution in [-0.2, 0) is 23.8 Å². The van der Waals surface area contributed by atoms with Crippen LogP contribution < -0.4 is 0 Å². The first kappa shape index (κ1) is 22.8. The van der Waals surface area contributed by atoms with E-state index in [1.807, 2.05) is 0 Å². The van der Waals surface area contributed by atoms with E-state index in [0.717, 1.165) is 38.0 Å². The van der Waals surface area contributed by atoms with Crippen LogP contribution in [0.25, 0.3) is 0 Å². The van der Waals surface area contributed by atoms with Gasteiger partial charge in [0.05, 0.1) is 12.0 Å². The van der Waals surface area contributed by atoms with Crippen LogP contribution in [0.5, 0.6) is 0 Å². The molecule has 0 aromatic heterocycles. The molecule has 5 aliphatic rings. The molecule has 0 saturated heterocycles. The molecule has 0 radical (unpaired) electrons. The lowest BCUT2D eigenvalue weighted by Gasteiger charge is -2.34. The monoisotopic (exact) mass is 432 g/mol. The maximum Gasteiger partial charge on any atom is 0.333 e. The highest BCUT2D eigenvalue weighted by Crippen LogP contribution is 2.67. The van der Waals surface area contributed by atoms with Gasteiger partial charge in [0.1, 0.15) is 6.10 Å². The van der Waals surface area contributed by atoms with Crippen LogP contribution in [0.15, 0.2) is 12.2 Å². The highest BCUT2D eigenvalue weighted by atomic mass is 16.7. The van der Waals surface area contributed by atoms with Crippen LogP contribution in [0.1, 0.15) is 78.6 Å². The second kappa shape index (κ2) is 9.25. The maximum atomic E-state index is 12.8. The Morgan fingerprint density at radius 3 is 2.29 bits per heavy atom. The van der Waals surface area contributed by atoms with Gasteiger partial charge in [0.2, 0.25) is 0 Å². The van der Waals surface area contributed by atoms with Gasteiger partial charge in [-0.1, -0.05) is 33.3 Å². The first-order valence-corrected chi connectivity index (χ1v) is 12.2. The fraction of sp³-hybridized carbons (Fsp3) is 0.846. The van der Waals surface area contributed by atoms with E-state index >= 15 is 0 Å². The molecule has 8 unspecified atom stereocenters. The van der Waals surface area contributed by atoms with Crippen LogP contribution in [-0.4, -0.2) is 30.9 Å². The molecule has 5 nitrogen and oxygen atoms in total. The lowest BCUT2D eigenvalue weighted by molar-refractivity contribution is -0.169. The van der Waals surface area contributed by atoms with Gasteiger partial charge in [-0.05, 0) is 87.4 Å². The lowest BCUT2D eigenvalue weighted by atomic mass is 9.75. The molecule has 8 atom stereocenters. The molecule has 0 spiro atoms. The molecule has 31 heavy (non-hydrogen) atoms. The second-order valence-corrected chi connectivity index (χ2v) is 10.7. The van der Waals surface area contributed by atoms with Gasteiger partial charge in [-0.3, -0.25) is 4.79 Å². The number of rotatable bonds is 6. The smallest absolute Gasteiger partial charge is 0.333 e. The standard InChI is InChI=1S/C25H36O5.CH4/c1-14(2)24(26)30-21-12-17-11-20(21)23-16-8-15(22(17)23)9-18(10-16)25(27)29-13-28-19-6-4-3-5-7-19;/h15-23H,1,3-13H2,2H3;1H4. The van der Waals surface area contributed by atoms with E-state index in [2.05, 4.69) is 6.58 Å². The van der Waals surface area contributed by atoms with Crippen LogP contribution in [0.3, 0.4) is 0 Å². The van der Waals surface area contributed by atoms with E-state index in [-0.39, 0.29) is 44.3 Å². The average molecular weight is 433 g/mol. The largest absolute Gasteiger partial charge is 0.459 e. The molecule has 0 heterocycles. The summed E-state index contributed by atoms with van der Waals surface area (Å²) in [5.74, 6) is 3.40. The van der Waals surface area contributed by atoms with E-state index in [1.165, 1.54) is 32.1 Å². The Bertz CT molecular complexity index is 696. The van der Waals surface area contributed by atoms with E-state index < -0.39 is 0 Å². The molecule has 4 bridgehead atoms. The quantitative estimate of drug-likeness (QED) is 0.247. The average Bonchev–Trinajstić information content (AvgIpc) is 3.39. The first-order valence-electron chi connectivity index (χ1n) is 12.2. The summed E-state index contributed by atoms with van der Waals surface area (Å²) in [6, 6.07) is 0. The summed E-state index contributed by atoms with van der Waals surface area (Å²) in [6.45, 7) is 5.56. The Balaban J connectivity index is 0.00000231. The van der Waals surface area contributed by atoms with Crippen LogP contribution in [0.2, 0.25) is 0 Å². The summed E-state index contributed by atoms with van der Waals surface area (Å²) in [6.07, 6.45) is 11.6. The highest BCUT2D eigenvalue weighted by molar-refractivity contribution is 5.87. The van der Waals surface area contributed by atoms with Crippen LogP contribution in [0.4, 0.5) is 0 Å². The SMILES string of the molecule is C.C=C(C)C(=O)OC1CC2CC1C1C3CC(C(=O)OCOC4CCCCC4)CC(C3)C21. The fourth-order valence-electron chi connectivity index (χ4n) is 7.89. The number of hydrogen-bond acceptors (Lipinski definition) is 5. The van der Waals surface area contributed by atoms with Crippen molar-refractivity contribution in [3.8, 4) is 0 Å². The van der Waals surface area contributed by atoms with Gasteiger partial charge in [0.15, 0.2) is 6.79 Å². The van der Waals surface area contributed by atoms with E-state index in [4.69, 9.17) is 14.2 Å². The van der Waals surface area contributed by atoms with Gasteiger partial charge in [0.25, 0.3) is 0 Å². The predicted molar refractivity (Wildman–Crippen MR) is 118 cm³/mol. The third kappa shape index (κ3) is 4.31. The molecule has 0 amide bonds. The van der Waals surface area contributed by atoms with Crippen molar-refractivity contribution in [3.05, 3.63) is 12.2 Å². The minimum Gasteiger partial charge on any atom is -0.459 e. The molecule has 5 saturated carbocycles. The lowest BCUT2D eigenvalue weighted by Crippen LogP contribution is -2.35. The topological polar surface area (TPSA) is 61.8 Å². The Morgan fingerprint density at radius 1 is 0.903 bits per heavy atom. The Morgan fingerprint density at radius 2 is 1.58 bits per heavy atom. The van der Waals surface area contributed by atoms with Crippen molar-refractivity contribution in [2.24, 2.45) is 41.4 Å². The zero-order chi connectivity index (χ0) is 20.8. The number of esters is 2. The first-order chi connectivity index (χ1) is 14.5. The van der Waals surface area contributed by atoms with Crippen molar-refractivity contribution in [3.63, 3.8) is 0 Å². The number of fused-ring (bicyclic) bond motifs is 9. The van der Waals surface area contributed by atoms with Crippen LogP contribution in [0, 0.1) is 41.4 Å². The zero-order valence-electron chi connectivity index (χ0n) is 18.2. The Kier molecular flexibility index (Phi) is 6.81. The zero-order valence-corrected chi connectivity index (χ0v) is 18.2. The summed E-state index contributed by atoms with van der Waals surface area (Å²) in [5, 5.41) is 0. The van der Waals surface area contributed by atoms with Gasteiger partial charge in [-0.15, -0.1) is 0 Å². The summed E-state index contributed by atoms with van der Waals surface area (Å²) < 4.78 is 17.2. The molecule has 5 aliphatic carbocycles. The summed E-state index contributed by atoms with van der Waals surface area (Å²) in [5.41, 5.74) is 0.484. The maximum absolute atomic E-state index is 12.8. The van der Waals surface area contributed by atoms with Gasteiger partial charge >= 0.3 is 11.9 Å². The minimum absolute atomic E-state index is 0. The normalized spacial score (nSPS) is 40.7. The van der Waals surface area contributed by atoms with Crippen molar-refractivity contribution in [2.75, 3.05) is 6.79 Å². The highest BCUT2D eigenvalue weighted by Gasteiger charge is 2.63. The summed E-state index contributed by atoms with van der Waals surface area (Å²) in [4.78, 5) is 24.8. The molecular formula is C26H40O5. The minimum atomic E-state index is -0.246. The number of carbonyl (C=O) groups excluding carboxylic acids is 2. The molecule has 0 N–H and O–H groups in total. The van der Waals surface area contributed by atoms with Crippen molar-refractivity contribution < 1.29 is 23.8 Å². The van der Waals surface area contributed by atoms with Gasteiger partial charge < -0.3 is 14.2 Å². The molecule has 5 heteroatoms. The summed E-state index contributed by atoms with van der Waals surface area (Å²) >= 11 is 0. The molecule has 0 aliphatic heterocycles. The van der Waals surface area contributed by atoms with Gasteiger partial charge in [0, 0.05) is 5.57 Å².